The molecule has 0 N–H and O–H groups in total. The standard InChI is InChI=1S/C23H20ClF4N7/c24-17-2-3-18-16(9-17)11-33(13-23(26,27)28)12-20-31-32-22(35(18)20)14-5-7-34(8-6-14)19-4-1-15(10-29)21(25)30-19/h1-4,9,14H,5-8,11-13H2. The number of pyridine rings is 1. The molecule has 0 atom stereocenters. The van der Waals surface area contributed by atoms with E-state index in [4.69, 9.17) is 16.9 Å². The maximum atomic E-state index is 14.0. The second kappa shape index (κ2) is 9.09. The Morgan fingerprint density at radius 2 is 1.86 bits per heavy atom. The van der Waals surface area contributed by atoms with Crippen molar-refractivity contribution < 1.29 is 17.6 Å². The summed E-state index contributed by atoms with van der Waals surface area (Å²) in [5.41, 5.74) is 1.30. The molecule has 1 aromatic carbocycles. The molecular formula is C23H20ClF4N7. The van der Waals surface area contributed by atoms with Gasteiger partial charge in [-0.2, -0.15) is 22.8 Å². The van der Waals surface area contributed by atoms with E-state index in [2.05, 4.69) is 15.2 Å². The summed E-state index contributed by atoms with van der Waals surface area (Å²) in [6.45, 7) is 0.199. The molecule has 1 saturated heterocycles. The third-order valence-corrected chi connectivity index (χ3v) is 6.57. The number of nitrogens with zero attached hydrogens (tertiary/aromatic N) is 7. The largest absolute Gasteiger partial charge is 0.401 e. The first-order valence-electron chi connectivity index (χ1n) is 11.1. The van der Waals surface area contributed by atoms with Gasteiger partial charge in [0.05, 0.1) is 18.8 Å². The first-order valence-corrected chi connectivity index (χ1v) is 11.4. The summed E-state index contributed by atoms with van der Waals surface area (Å²) in [5, 5.41) is 18.0. The van der Waals surface area contributed by atoms with Crippen molar-refractivity contribution in [3.8, 4) is 11.8 Å². The Kier molecular flexibility index (Phi) is 6.11. The maximum Gasteiger partial charge on any atom is 0.401 e. The normalized spacial score (nSPS) is 17.0. The van der Waals surface area contributed by atoms with Crippen LogP contribution in [0.2, 0.25) is 5.02 Å². The van der Waals surface area contributed by atoms with E-state index in [0.29, 0.717) is 54.0 Å². The van der Waals surface area contributed by atoms with Crippen LogP contribution in [-0.2, 0) is 13.1 Å². The lowest BCUT2D eigenvalue weighted by Crippen LogP contribution is -2.34. The van der Waals surface area contributed by atoms with Crippen molar-refractivity contribution in [2.45, 2.75) is 38.0 Å². The van der Waals surface area contributed by atoms with Gasteiger partial charge in [0.1, 0.15) is 23.3 Å². The topological polar surface area (TPSA) is 73.9 Å². The van der Waals surface area contributed by atoms with Gasteiger partial charge >= 0.3 is 6.18 Å². The number of rotatable bonds is 3. The molecule has 35 heavy (non-hydrogen) atoms. The molecule has 182 valence electrons. The predicted molar refractivity (Wildman–Crippen MR) is 120 cm³/mol. The van der Waals surface area contributed by atoms with E-state index in [1.54, 1.807) is 30.3 Å². The van der Waals surface area contributed by atoms with Crippen LogP contribution in [0, 0.1) is 17.3 Å². The van der Waals surface area contributed by atoms with Crippen molar-refractivity contribution in [1.29, 1.82) is 5.26 Å². The van der Waals surface area contributed by atoms with Gasteiger partial charge < -0.3 is 4.90 Å². The van der Waals surface area contributed by atoms with Gasteiger partial charge in [-0.3, -0.25) is 9.47 Å². The molecule has 4 heterocycles. The Balaban J connectivity index is 1.42. The van der Waals surface area contributed by atoms with Crippen LogP contribution in [0.5, 0.6) is 0 Å². The van der Waals surface area contributed by atoms with Crippen molar-refractivity contribution in [2.75, 3.05) is 24.5 Å². The van der Waals surface area contributed by atoms with E-state index < -0.39 is 18.7 Å². The molecule has 2 aliphatic rings. The highest BCUT2D eigenvalue weighted by Gasteiger charge is 2.35. The highest BCUT2D eigenvalue weighted by Crippen LogP contribution is 2.35. The molecular weight excluding hydrogens is 486 g/mol. The Bertz CT molecular complexity index is 1290. The van der Waals surface area contributed by atoms with Crippen LogP contribution in [0.3, 0.4) is 0 Å². The summed E-state index contributed by atoms with van der Waals surface area (Å²) in [4.78, 5) is 7.14. The molecule has 0 bridgehead atoms. The number of alkyl halides is 3. The smallest absolute Gasteiger partial charge is 0.356 e. The van der Waals surface area contributed by atoms with E-state index in [1.165, 1.54) is 11.0 Å². The molecule has 0 unspecified atom stereocenters. The molecule has 1 fully saturated rings. The van der Waals surface area contributed by atoms with Gasteiger partial charge in [0.15, 0.2) is 5.82 Å². The number of fused-ring (bicyclic) bond motifs is 3. The summed E-state index contributed by atoms with van der Waals surface area (Å²) in [7, 11) is 0. The lowest BCUT2D eigenvalue weighted by atomic mass is 9.95. The zero-order valence-corrected chi connectivity index (χ0v) is 19.2. The van der Waals surface area contributed by atoms with Gasteiger partial charge in [-0.15, -0.1) is 10.2 Å². The van der Waals surface area contributed by atoms with Gasteiger partial charge in [-0.25, -0.2) is 4.98 Å². The van der Waals surface area contributed by atoms with E-state index >= 15 is 0 Å². The molecule has 12 heteroatoms. The number of hydrogen-bond donors (Lipinski definition) is 0. The number of aromatic nitrogens is 4. The minimum Gasteiger partial charge on any atom is -0.356 e. The summed E-state index contributed by atoms with van der Waals surface area (Å²) >= 11 is 6.17. The predicted octanol–water partition coefficient (Wildman–Crippen LogP) is 4.59. The van der Waals surface area contributed by atoms with Crippen molar-refractivity contribution >= 4 is 17.4 Å². The van der Waals surface area contributed by atoms with Gasteiger partial charge in [-0.1, -0.05) is 11.6 Å². The zero-order valence-electron chi connectivity index (χ0n) is 18.4. The van der Waals surface area contributed by atoms with Crippen molar-refractivity contribution in [2.24, 2.45) is 0 Å². The van der Waals surface area contributed by atoms with Crippen LogP contribution in [-0.4, -0.2) is 50.5 Å². The Morgan fingerprint density at radius 1 is 1.09 bits per heavy atom. The lowest BCUT2D eigenvalue weighted by Gasteiger charge is -2.32. The van der Waals surface area contributed by atoms with Crippen LogP contribution >= 0.6 is 11.6 Å². The maximum absolute atomic E-state index is 14.0. The van der Waals surface area contributed by atoms with Gasteiger partial charge in [0.25, 0.3) is 0 Å². The molecule has 7 nitrogen and oxygen atoms in total. The van der Waals surface area contributed by atoms with Crippen molar-refractivity contribution in [3.05, 3.63) is 64.1 Å². The summed E-state index contributed by atoms with van der Waals surface area (Å²) in [6.07, 6.45) is -2.99. The van der Waals surface area contributed by atoms with Crippen LogP contribution in [0.4, 0.5) is 23.4 Å². The minimum absolute atomic E-state index is 0.00604. The number of piperidine rings is 1. The first kappa shape index (κ1) is 23.5. The zero-order chi connectivity index (χ0) is 24.7. The Labute approximate surface area is 203 Å². The minimum atomic E-state index is -4.34. The third kappa shape index (κ3) is 4.81. The highest BCUT2D eigenvalue weighted by molar-refractivity contribution is 6.30. The summed E-state index contributed by atoms with van der Waals surface area (Å²) in [6, 6.07) is 10.00. The monoisotopic (exact) mass is 505 g/mol. The van der Waals surface area contributed by atoms with Gasteiger partial charge in [-0.05, 0) is 48.7 Å². The first-order chi connectivity index (χ1) is 16.7. The third-order valence-electron chi connectivity index (χ3n) is 6.34. The van der Waals surface area contributed by atoms with Gasteiger partial charge in [0, 0.05) is 30.6 Å². The molecule has 0 aliphatic carbocycles. The van der Waals surface area contributed by atoms with Crippen LogP contribution in [0.15, 0.2) is 30.3 Å². The average Bonchev–Trinajstić information content (AvgIpc) is 3.15. The molecule has 0 saturated carbocycles. The number of benzene rings is 1. The molecule has 2 aliphatic heterocycles. The quantitative estimate of drug-likeness (QED) is 0.383. The molecule has 0 spiro atoms. The molecule has 5 rings (SSSR count). The lowest BCUT2D eigenvalue weighted by molar-refractivity contribution is -0.148. The van der Waals surface area contributed by atoms with Crippen molar-refractivity contribution in [3.63, 3.8) is 0 Å². The van der Waals surface area contributed by atoms with E-state index in [1.807, 2.05) is 9.47 Å². The Hall–Kier alpha value is -3.23. The number of anilines is 1. The van der Waals surface area contributed by atoms with Crippen molar-refractivity contribution in [1.82, 2.24) is 24.6 Å². The van der Waals surface area contributed by atoms with Crippen LogP contribution < -0.4 is 4.90 Å². The summed E-state index contributed by atoms with van der Waals surface area (Å²) in [5.74, 6) is 0.810. The van der Waals surface area contributed by atoms with E-state index in [9.17, 15) is 17.6 Å². The van der Waals surface area contributed by atoms with Crippen LogP contribution in [0.25, 0.3) is 5.69 Å². The SMILES string of the molecule is N#Cc1ccc(N2CCC(c3nnc4n3-c3ccc(Cl)cc3CN(CC(F)(F)F)C4)CC2)nc1F. The fourth-order valence-electron chi connectivity index (χ4n) is 4.77. The second-order valence-electron chi connectivity index (χ2n) is 8.72. The molecule has 2 aromatic heterocycles. The summed E-state index contributed by atoms with van der Waals surface area (Å²) < 4.78 is 55.4. The fraction of sp³-hybridized carbons (Fsp3) is 0.391. The number of halogens is 5. The van der Waals surface area contributed by atoms with Gasteiger partial charge in [0.2, 0.25) is 5.95 Å². The van der Waals surface area contributed by atoms with E-state index in [0.717, 1.165) is 5.69 Å². The van der Waals surface area contributed by atoms with Crippen LogP contribution in [0.1, 0.15) is 41.5 Å². The molecule has 0 radical (unpaired) electrons. The van der Waals surface area contributed by atoms with E-state index in [-0.39, 0.29) is 24.6 Å². The Morgan fingerprint density at radius 3 is 2.54 bits per heavy atom. The fourth-order valence-corrected chi connectivity index (χ4v) is 4.97. The number of nitriles is 1. The molecule has 3 aromatic rings. The second-order valence-corrected chi connectivity index (χ2v) is 9.16. The number of hydrogen-bond acceptors (Lipinski definition) is 6. The average molecular weight is 506 g/mol. The highest BCUT2D eigenvalue weighted by atomic mass is 35.5. The molecule has 0 amide bonds.